The summed E-state index contributed by atoms with van der Waals surface area (Å²) < 4.78 is 5.65. The maximum absolute atomic E-state index is 8.93. The second-order valence-corrected chi connectivity index (χ2v) is 5.98. The van der Waals surface area contributed by atoms with Gasteiger partial charge in [-0.1, -0.05) is 19.9 Å². The van der Waals surface area contributed by atoms with Gasteiger partial charge in [0.2, 0.25) is 0 Å². The first-order valence-corrected chi connectivity index (χ1v) is 6.51. The maximum atomic E-state index is 8.93. The zero-order valence-corrected chi connectivity index (χ0v) is 12.3. The monoisotopic (exact) mass is 259 g/mol. The Balaban J connectivity index is 2.23. The lowest BCUT2D eigenvalue weighted by Gasteiger charge is -2.61. The Kier molecular flexibility index (Phi) is 3.27. The average molecular weight is 259 g/mol. The lowest BCUT2D eigenvalue weighted by molar-refractivity contribution is -0.172. The van der Waals surface area contributed by atoms with E-state index in [1.807, 2.05) is 19.2 Å². The highest BCUT2D eigenvalue weighted by molar-refractivity contribution is 5.44. The van der Waals surface area contributed by atoms with Crippen molar-refractivity contribution in [3.63, 3.8) is 0 Å². The van der Waals surface area contributed by atoms with Gasteiger partial charge in [-0.05, 0) is 25.5 Å². The summed E-state index contributed by atoms with van der Waals surface area (Å²) in [5.41, 5.74) is 0.399. The number of rotatable bonds is 3. The van der Waals surface area contributed by atoms with E-state index in [9.17, 15) is 0 Å². The molecule has 0 radical (unpaired) electrons. The maximum Gasteiger partial charge on any atom is 0.142 e. The number of aromatic nitrogens is 1. The number of pyridine rings is 1. The van der Waals surface area contributed by atoms with Crippen LogP contribution in [0.4, 0.5) is 5.82 Å². The van der Waals surface area contributed by atoms with E-state index in [0.29, 0.717) is 11.7 Å². The fraction of sp³-hybridized carbons (Fsp3) is 0.600. The van der Waals surface area contributed by atoms with E-state index in [-0.39, 0.29) is 11.0 Å². The van der Waals surface area contributed by atoms with Gasteiger partial charge in [-0.15, -0.1) is 0 Å². The number of ether oxygens (including phenoxy) is 1. The highest BCUT2D eigenvalue weighted by Crippen LogP contribution is 2.53. The van der Waals surface area contributed by atoms with Crippen LogP contribution in [0.5, 0.6) is 0 Å². The van der Waals surface area contributed by atoms with Gasteiger partial charge >= 0.3 is 0 Å². The van der Waals surface area contributed by atoms with Gasteiger partial charge in [0.25, 0.3) is 0 Å². The van der Waals surface area contributed by atoms with Gasteiger partial charge in [-0.2, -0.15) is 5.26 Å². The molecular formula is C15H21N3O. The Morgan fingerprint density at radius 2 is 2.11 bits per heavy atom. The Morgan fingerprint density at radius 1 is 1.42 bits per heavy atom. The highest BCUT2D eigenvalue weighted by Gasteiger charge is 2.59. The van der Waals surface area contributed by atoms with E-state index >= 15 is 0 Å². The average Bonchev–Trinajstić information content (AvgIpc) is 2.43. The van der Waals surface area contributed by atoms with Gasteiger partial charge in [0, 0.05) is 25.6 Å². The molecule has 0 bridgehead atoms. The van der Waals surface area contributed by atoms with E-state index < -0.39 is 0 Å². The van der Waals surface area contributed by atoms with Gasteiger partial charge in [-0.25, -0.2) is 4.98 Å². The minimum Gasteiger partial charge on any atom is -0.378 e. The zero-order chi connectivity index (χ0) is 14.3. The van der Waals surface area contributed by atoms with Gasteiger partial charge < -0.3 is 9.64 Å². The molecule has 1 aliphatic carbocycles. The first-order valence-electron chi connectivity index (χ1n) is 6.51. The molecule has 0 saturated heterocycles. The van der Waals surface area contributed by atoms with Gasteiger partial charge in [-0.3, -0.25) is 0 Å². The van der Waals surface area contributed by atoms with Crippen LogP contribution in [0.25, 0.3) is 0 Å². The van der Waals surface area contributed by atoms with Crippen molar-refractivity contribution in [2.24, 2.45) is 5.41 Å². The molecule has 0 amide bonds. The van der Waals surface area contributed by atoms with Crippen molar-refractivity contribution >= 4 is 5.82 Å². The van der Waals surface area contributed by atoms with Crippen LogP contribution in [0.1, 0.15) is 32.9 Å². The molecule has 0 aliphatic heterocycles. The summed E-state index contributed by atoms with van der Waals surface area (Å²) in [7, 11) is 3.80. The Hall–Kier alpha value is -1.60. The van der Waals surface area contributed by atoms with Crippen molar-refractivity contribution in [2.45, 2.75) is 38.8 Å². The molecule has 1 aliphatic rings. The molecule has 1 fully saturated rings. The minimum atomic E-state index is -0.0984. The van der Waals surface area contributed by atoms with Crippen molar-refractivity contribution < 1.29 is 4.74 Å². The third-order valence-corrected chi connectivity index (χ3v) is 4.91. The zero-order valence-electron chi connectivity index (χ0n) is 12.3. The molecule has 4 nitrogen and oxygen atoms in total. The van der Waals surface area contributed by atoms with E-state index in [0.717, 1.165) is 12.2 Å². The van der Waals surface area contributed by atoms with E-state index in [1.165, 1.54) is 0 Å². The number of methoxy groups -OCH3 is 1. The van der Waals surface area contributed by atoms with Crippen molar-refractivity contribution in [1.82, 2.24) is 4.98 Å². The van der Waals surface area contributed by atoms with Crippen LogP contribution in [0, 0.1) is 16.7 Å². The molecule has 1 aromatic rings. The fourth-order valence-electron chi connectivity index (χ4n) is 2.92. The number of hydrogen-bond donors (Lipinski definition) is 0. The molecule has 0 aromatic carbocycles. The molecule has 2 atom stereocenters. The van der Waals surface area contributed by atoms with Crippen molar-refractivity contribution in [3.05, 3.63) is 23.9 Å². The molecule has 0 spiro atoms. The van der Waals surface area contributed by atoms with Crippen LogP contribution in [-0.2, 0) is 4.74 Å². The molecule has 0 N–H and O–H groups in total. The molecule has 2 unspecified atom stereocenters. The third kappa shape index (κ3) is 1.98. The van der Waals surface area contributed by atoms with E-state index in [1.54, 1.807) is 13.2 Å². The lowest BCUT2D eigenvalue weighted by atomic mass is 9.55. The Morgan fingerprint density at radius 3 is 2.63 bits per heavy atom. The molecule has 1 saturated carbocycles. The summed E-state index contributed by atoms with van der Waals surface area (Å²) in [6.45, 7) is 6.58. The van der Waals surface area contributed by atoms with Crippen LogP contribution in [0.15, 0.2) is 18.2 Å². The van der Waals surface area contributed by atoms with Crippen molar-refractivity contribution in [2.75, 3.05) is 19.1 Å². The summed E-state index contributed by atoms with van der Waals surface area (Å²) in [4.78, 5) is 6.51. The smallest absolute Gasteiger partial charge is 0.142 e. The Bertz CT molecular complexity index is 520. The van der Waals surface area contributed by atoms with Gasteiger partial charge in [0.05, 0.1) is 5.60 Å². The van der Waals surface area contributed by atoms with Gasteiger partial charge in [0.1, 0.15) is 17.6 Å². The molecular weight excluding hydrogens is 238 g/mol. The summed E-state index contributed by atoms with van der Waals surface area (Å²) in [5.74, 6) is 0.843. The molecule has 102 valence electrons. The summed E-state index contributed by atoms with van der Waals surface area (Å²) in [6.07, 6.45) is 0.964. The van der Waals surface area contributed by atoms with E-state index in [2.05, 4.69) is 36.7 Å². The van der Waals surface area contributed by atoms with Crippen molar-refractivity contribution in [3.8, 4) is 6.07 Å². The second kappa shape index (κ2) is 4.50. The van der Waals surface area contributed by atoms with Crippen LogP contribution in [0.3, 0.4) is 0 Å². The Labute approximate surface area is 115 Å². The summed E-state index contributed by atoms with van der Waals surface area (Å²) in [5, 5.41) is 8.93. The lowest BCUT2D eigenvalue weighted by Crippen LogP contribution is -2.68. The molecule has 1 aromatic heterocycles. The van der Waals surface area contributed by atoms with Crippen LogP contribution in [0.2, 0.25) is 0 Å². The van der Waals surface area contributed by atoms with Crippen LogP contribution in [-0.4, -0.2) is 30.8 Å². The SMILES string of the molecule is COC1(C)CC(N(C)c2cccc(C#N)n2)C1(C)C. The number of nitriles is 1. The van der Waals surface area contributed by atoms with Crippen molar-refractivity contribution in [1.29, 1.82) is 5.26 Å². The quantitative estimate of drug-likeness (QED) is 0.837. The van der Waals surface area contributed by atoms with Gasteiger partial charge in [0.15, 0.2) is 0 Å². The first kappa shape index (κ1) is 13.8. The number of anilines is 1. The number of nitrogens with zero attached hydrogens (tertiary/aromatic N) is 3. The molecule has 2 rings (SSSR count). The third-order valence-electron chi connectivity index (χ3n) is 4.91. The minimum absolute atomic E-state index is 0.0425. The predicted molar refractivity (Wildman–Crippen MR) is 75.0 cm³/mol. The standard InChI is InChI=1S/C15H21N3O/c1-14(2)12(9-15(14,3)19-5)18(4)13-8-6-7-11(10-16)17-13/h6-8,12H,9H2,1-5H3. The van der Waals surface area contributed by atoms with E-state index in [4.69, 9.17) is 10.00 Å². The summed E-state index contributed by atoms with van der Waals surface area (Å²) >= 11 is 0. The predicted octanol–water partition coefficient (Wildman–Crippen LogP) is 2.59. The summed E-state index contributed by atoms with van der Waals surface area (Å²) in [6, 6.07) is 7.99. The first-order chi connectivity index (χ1) is 8.85. The second-order valence-electron chi connectivity index (χ2n) is 5.98. The molecule has 1 heterocycles. The molecule has 4 heteroatoms. The normalized spacial score (nSPS) is 28.3. The largest absolute Gasteiger partial charge is 0.378 e. The number of hydrogen-bond acceptors (Lipinski definition) is 4. The van der Waals surface area contributed by atoms with Crippen LogP contribution >= 0.6 is 0 Å². The fourth-order valence-corrected chi connectivity index (χ4v) is 2.92. The molecule has 19 heavy (non-hydrogen) atoms. The topological polar surface area (TPSA) is 49.1 Å². The highest BCUT2D eigenvalue weighted by atomic mass is 16.5. The van der Waals surface area contributed by atoms with Crippen LogP contribution < -0.4 is 4.90 Å².